The Labute approximate surface area is 99.5 Å². The van der Waals surface area contributed by atoms with Crippen LogP contribution in [0.4, 0.5) is 0 Å². The van der Waals surface area contributed by atoms with Crippen LogP contribution >= 0.6 is 0 Å². The van der Waals surface area contributed by atoms with Gasteiger partial charge in [-0.05, 0) is 29.7 Å². The van der Waals surface area contributed by atoms with E-state index in [1.165, 1.54) is 0 Å². The molecule has 0 aromatic heterocycles. The van der Waals surface area contributed by atoms with Crippen molar-refractivity contribution < 1.29 is 5.11 Å². The zero-order valence-electron chi connectivity index (χ0n) is 10.9. The first-order valence-electron chi connectivity index (χ1n) is 6.13. The number of benzene rings is 1. The molecule has 1 rings (SSSR count). The molecule has 0 bridgehead atoms. The summed E-state index contributed by atoms with van der Waals surface area (Å²) in [5.74, 6) is 0.321. The second kappa shape index (κ2) is 5.49. The molecule has 0 heterocycles. The van der Waals surface area contributed by atoms with Crippen LogP contribution in [0.2, 0.25) is 0 Å². The summed E-state index contributed by atoms with van der Waals surface area (Å²) >= 11 is 0. The molecule has 2 atom stereocenters. The van der Waals surface area contributed by atoms with E-state index in [0.29, 0.717) is 11.3 Å². The van der Waals surface area contributed by atoms with Crippen LogP contribution in [0.1, 0.15) is 52.2 Å². The molecule has 0 amide bonds. The van der Waals surface area contributed by atoms with Gasteiger partial charge in [-0.15, -0.1) is 0 Å². The fourth-order valence-corrected chi connectivity index (χ4v) is 1.80. The third-order valence-corrected chi connectivity index (χ3v) is 3.03. The minimum absolute atomic E-state index is 0.321. The molecule has 0 saturated heterocycles. The molecule has 1 aromatic carbocycles. The highest BCUT2D eigenvalue weighted by Gasteiger charge is 2.19. The van der Waals surface area contributed by atoms with Gasteiger partial charge >= 0.3 is 0 Å². The molecule has 0 aliphatic rings. The van der Waals surface area contributed by atoms with E-state index in [9.17, 15) is 5.11 Å². The maximum atomic E-state index is 10.2. The third-order valence-electron chi connectivity index (χ3n) is 3.03. The van der Waals surface area contributed by atoms with E-state index in [4.69, 9.17) is 0 Å². The SMILES string of the molecule is CC(CCC(C)(C)C)C(O)c1ccccc1. The first-order valence-corrected chi connectivity index (χ1v) is 6.13. The second-order valence-corrected chi connectivity index (χ2v) is 5.93. The molecule has 1 aromatic rings. The minimum Gasteiger partial charge on any atom is -0.388 e. The van der Waals surface area contributed by atoms with Crippen molar-refractivity contribution in [1.29, 1.82) is 0 Å². The highest BCUT2D eigenvalue weighted by Crippen LogP contribution is 2.30. The van der Waals surface area contributed by atoms with Crippen molar-refractivity contribution in [1.82, 2.24) is 0 Å². The van der Waals surface area contributed by atoms with Gasteiger partial charge in [-0.25, -0.2) is 0 Å². The lowest BCUT2D eigenvalue weighted by molar-refractivity contribution is 0.105. The maximum absolute atomic E-state index is 10.2. The fourth-order valence-electron chi connectivity index (χ4n) is 1.80. The van der Waals surface area contributed by atoms with Crippen LogP contribution in [0, 0.1) is 11.3 Å². The Morgan fingerprint density at radius 1 is 1.12 bits per heavy atom. The molecule has 0 aliphatic heterocycles. The molecule has 1 nitrogen and oxygen atoms in total. The van der Waals surface area contributed by atoms with Gasteiger partial charge in [0.15, 0.2) is 0 Å². The fraction of sp³-hybridized carbons (Fsp3) is 0.600. The number of rotatable bonds is 4. The number of hydrogen-bond donors (Lipinski definition) is 1. The van der Waals surface area contributed by atoms with E-state index in [1.54, 1.807) is 0 Å². The standard InChI is InChI=1S/C15H24O/c1-12(10-11-15(2,3)4)14(16)13-8-6-5-7-9-13/h5-9,12,14,16H,10-11H2,1-4H3. The van der Waals surface area contributed by atoms with Gasteiger partial charge in [0, 0.05) is 0 Å². The largest absolute Gasteiger partial charge is 0.388 e. The molecule has 1 heteroatoms. The van der Waals surface area contributed by atoms with Crippen molar-refractivity contribution in [2.45, 2.75) is 46.6 Å². The van der Waals surface area contributed by atoms with Crippen molar-refractivity contribution in [2.75, 3.05) is 0 Å². The Hall–Kier alpha value is -0.820. The Bertz CT molecular complexity index is 297. The van der Waals surface area contributed by atoms with E-state index in [0.717, 1.165) is 18.4 Å². The summed E-state index contributed by atoms with van der Waals surface area (Å²) < 4.78 is 0. The predicted molar refractivity (Wildman–Crippen MR) is 69.3 cm³/mol. The first-order chi connectivity index (χ1) is 7.40. The van der Waals surface area contributed by atoms with Crippen molar-refractivity contribution >= 4 is 0 Å². The minimum atomic E-state index is -0.330. The van der Waals surface area contributed by atoms with Crippen LogP contribution in [0.25, 0.3) is 0 Å². The van der Waals surface area contributed by atoms with Crippen LogP contribution in [0.3, 0.4) is 0 Å². The van der Waals surface area contributed by atoms with E-state index in [-0.39, 0.29) is 6.10 Å². The molecule has 0 saturated carbocycles. The molecule has 16 heavy (non-hydrogen) atoms. The van der Waals surface area contributed by atoms with E-state index < -0.39 is 0 Å². The lowest BCUT2D eigenvalue weighted by Gasteiger charge is -2.24. The summed E-state index contributed by atoms with van der Waals surface area (Å²) in [4.78, 5) is 0. The third kappa shape index (κ3) is 4.36. The first kappa shape index (κ1) is 13.2. The van der Waals surface area contributed by atoms with Crippen LogP contribution in [-0.4, -0.2) is 5.11 Å². The highest BCUT2D eigenvalue weighted by molar-refractivity contribution is 5.17. The van der Waals surface area contributed by atoms with Gasteiger partial charge in [-0.3, -0.25) is 0 Å². The Balaban J connectivity index is 2.52. The molecule has 90 valence electrons. The normalized spacial score (nSPS) is 15.8. The Kier molecular flexibility index (Phi) is 4.55. The zero-order chi connectivity index (χ0) is 12.2. The van der Waals surface area contributed by atoms with E-state index in [2.05, 4.69) is 27.7 Å². The van der Waals surface area contributed by atoms with E-state index in [1.807, 2.05) is 30.3 Å². The maximum Gasteiger partial charge on any atom is 0.0815 e. The number of aliphatic hydroxyl groups is 1. The quantitative estimate of drug-likeness (QED) is 0.807. The van der Waals surface area contributed by atoms with Gasteiger partial charge in [0.05, 0.1) is 6.10 Å². The lowest BCUT2D eigenvalue weighted by atomic mass is 9.84. The smallest absolute Gasteiger partial charge is 0.0815 e. The predicted octanol–water partition coefficient (Wildman–Crippen LogP) is 4.18. The van der Waals surface area contributed by atoms with Gasteiger partial charge in [0.25, 0.3) is 0 Å². The monoisotopic (exact) mass is 220 g/mol. The van der Waals surface area contributed by atoms with Crippen molar-refractivity contribution in [3.8, 4) is 0 Å². The molecular weight excluding hydrogens is 196 g/mol. The summed E-state index contributed by atoms with van der Waals surface area (Å²) in [6.07, 6.45) is 1.89. The molecular formula is C15H24O. The van der Waals surface area contributed by atoms with Crippen molar-refractivity contribution in [2.24, 2.45) is 11.3 Å². The van der Waals surface area contributed by atoms with Gasteiger partial charge < -0.3 is 5.11 Å². The highest BCUT2D eigenvalue weighted by atomic mass is 16.3. The molecule has 2 unspecified atom stereocenters. The number of hydrogen-bond acceptors (Lipinski definition) is 1. The number of aliphatic hydroxyl groups excluding tert-OH is 1. The van der Waals surface area contributed by atoms with Gasteiger partial charge in [0.1, 0.15) is 0 Å². The molecule has 0 spiro atoms. The van der Waals surface area contributed by atoms with Gasteiger partial charge in [0.2, 0.25) is 0 Å². The molecule has 0 fully saturated rings. The molecule has 1 N–H and O–H groups in total. The summed E-state index contributed by atoms with van der Waals surface area (Å²) in [6, 6.07) is 9.94. The van der Waals surface area contributed by atoms with E-state index >= 15 is 0 Å². The van der Waals surface area contributed by atoms with Crippen LogP contribution in [-0.2, 0) is 0 Å². The second-order valence-electron chi connectivity index (χ2n) is 5.93. The van der Waals surface area contributed by atoms with Crippen molar-refractivity contribution in [3.05, 3.63) is 35.9 Å². The summed E-state index contributed by atoms with van der Waals surface area (Å²) in [5, 5.41) is 10.2. The summed E-state index contributed by atoms with van der Waals surface area (Å²) in [5.41, 5.74) is 1.38. The Morgan fingerprint density at radius 2 is 1.69 bits per heavy atom. The van der Waals surface area contributed by atoms with Gasteiger partial charge in [-0.1, -0.05) is 58.0 Å². The van der Waals surface area contributed by atoms with Crippen LogP contribution < -0.4 is 0 Å². The van der Waals surface area contributed by atoms with Crippen molar-refractivity contribution in [3.63, 3.8) is 0 Å². The van der Waals surface area contributed by atoms with Gasteiger partial charge in [-0.2, -0.15) is 0 Å². The summed E-state index contributed by atoms with van der Waals surface area (Å²) in [6.45, 7) is 8.86. The lowest BCUT2D eigenvalue weighted by Crippen LogP contribution is -2.13. The average Bonchev–Trinajstić information content (AvgIpc) is 2.25. The topological polar surface area (TPSA) is 20.2 Å². The average molecular weight is 220 g/mol. The summed E-state index contributed by atoms with van der Waals surface area (Å²) in [7, 11) is 0. The zero-order valence-corrected chi connectivity index (χ0v) is 10.9. The molecule has 0 radical (unpaired) electrons. The molecule has 0 aliphatic carbocycles. The van der Waals surface area contributed by atoms with Crippen LogP contribution in [0.15, 0.2) is 30.3 Å². The Morgan fingerprint density at radius 3 is 2.19 bits per heavy atom. The van der Waals surface area contributed by atoms with Crippen LogP contribution in [0.5, 0.6) is 0 Å².